The summed E-state index contributed by atoms with van der Waals surface area (Å²) in [7, 11) is 0. The van der Waals surface area contributed by atoms with Crippen molar-refractivity contribution >= 4 is 5.91 Å². The average molecular weight is 293 g/mol. The smallest absolute Gasteiger partial charge is 0.265 e. The largest absolute Gasteiger partial charge is 0.492 e. The average Bonchev–Trinajstić information content (AvgIpc) is 2.71. The van der Waals surface area contributed by atoms with Crippen molar-refractivity contribution < 1.29 is 14.3 Å². The maximum Gasteiger partial charge on any atom is 0.265 e. The first-order valence-electron chi connectivity index (χ1n) is 7.27. The van der Waals surface area contributed by atoms with Crippen LogP contribution in [0.25, 0.3) is 0 Å². The second-order valence-electron chi connectivity index (χ2n) is 5.19. The predicted molar refractivity (Wildman–Crippen MR) is 80.1 cm³/mol. The molecule has 21 heavy (non-hydrogen) atoms. The maximum atomic E-state index is 11.4. The van der Waals surface area contributed by atoms with E-state index in [4.69, 9.17) is 15.3 Å². The molecule has 1 amide bonds. The van der Waals surface area contributed by atoms with Crippen LogP contribution < -0.4 is 16.0 Å². The molecule has 0 aliphatic carbocycles. The summed E-state index contributed by atoms with van der Waals surface area (Å²) in [5, 5.41) is 0. The number of nitrogen functional groups attached to an aromatic ring is 1. The second-order valence-corrected chi connectivity index (χ2v) is 5.19. The van der Waals surface area contributed by atoms with Crippen molar-refractivity contribution in [2.75, 3.05) is 32.8 Å². The van der Waals surface area contributed by atoms with E-state index in [1.54, 1.807) is 18.2 Å². The molecule has 0 spiro atoms. The lowest BCUT2D eigenvalue weighted by atomic mass is 10.2. The molecule has 2 rings (SSSR count). The zero-order valence-corrected chi connectivity index (χ0v) is 12.4. The van der Waals surface area contributed by atoms with Gasteiger partial charge in [0.15, 0.2) is 0 Å². The summed E-state index contributed by atoms with van der Waals surface area (Å²) in [5.41, 5.74) is 2.60. The van der Waals surface area contributed by atoms with Gasteiger partial charge < -0.3 is 9.47 Å². The predicted octanol–water partition coefficient (Wildman–Crippen LogP) is 0.780. The Kier molecular flexibility index (Phi) is 5.98. The van der Waals surface area contributed by atoms with Crippen LogP contribution in [0.3, 0.4) is 0 Å². The third kappa shape index (κ3) is 5.00. The van der Waals surface area contributed by atoms with E-state index < -0.39 is 0 Å². The van der Waals surface area contributed by atoms with Crippen LogP contribution in [-0.2, 0) is 4.74 Å². The number of carbonyl (C=O) groups is 1. The first-order chi connectivity index (χ1) is 10.2. The van der Waals surface area contributed by atoms with Crippen LogP contribution in [-0.4, -0.2) is 49.8 Å². The van der Waals surface area contributed by atoms with Gasteiger partial charge in [-0.3, -0.25) is 15.1 Å². The number of ether oxygens (including phenoxy) is 2. The van der Waals surface area contributed by atoms with E-state index in [1.165, 1.54) is 0 Å². The summed E-state index contributed by atoms with van der Waals surface area (Å²) in [4.78, 5) is 13.8. The van der Waals surface area contributed by atoms with Gasteiger partial charge in [0.2, 0.25) is 0 Å². The van der Waals surface area contributed by atoms with E-state index in [-0.39, 0.29) is 12.0 Å². The van der Waals surface area contributed by atoms with Gasteiger partial charge in [-0.05, 0) is 31.5 Å². The Hall–Kier alpha value is -1.63. The zero-order chi connectivity index (χ0) is 15.1. The highest BCUT2D eigenvalue weighted by Gasteiger charge is 2.14. The minimum Gasteiger partial charge on any atom is -0.492 e. The van der Waals surface area contributed by atoms with Crippen molar-refractivity contribution in [1.29, 1.82) is 0 Å². The van der Waals surface area contributed by atoms with Crippen molar-refractivity contribution in [3.8, 4) is 5.75 Å². The minimum atomic E-state index is -0.320. The molecule has 1 aromatic carbocycles. The molecule has 1 aliphatic heterocycles. The monoisotopic (exact) mass is 293 g/mol. The van der Waals surface area contributed by atoms with Crippen LogP contribution in [0.5, 0.6) is 5.75 Å². The first kappa shape index (κ1) is 15.8. The summed E-state index contributed by atoms with van der Waals surface area (Å²) in [5.74, 6) is 5.48. The summed E-state index contributed by atoms with van der Waals surface area (Å²) < 4.78 is 11.3. The molecule has 1 saturated heterocycles. The molecular formula is C15H23N3O3. The van der Waals surface area contributed by atoms with E-state index in [9.17, 15) is 4.79 Å². The lowest BCUT2D eigenvalue weighted by Crippen LogP contribution is -2.33. The number of nitrogens with one attached hydrogen (secondary N) is 1. The molecule has 1 fully saturated rings. The molecule has 3 N–H and O–H groups in total. The van der Waals surface area contributed by atoms with E-state index in [0.29, 0.717) is 17.9 Å². The maximum absolute atomic E-state index is 11.4. The van der Waals surface area contributed by atoms with Gasteiger partial charge in [0.05, 0.1) is 6.10 Å². The minimum absolute atomic E-state index is 0.268. The Bertz CT molecular complexity index is 467. The van der Waals surface area contributed by atoms with E-state index in [2.05, 4.69) is 17.2 Å². The molecule has 0 saturated carbocycles. The molecule has 6 nitrogen and oxygen atoms in total. The molecule has 116 valence electrons. The zero-order valence-electron chi connectivity index (χ0n) is 12.4. The quantitative estimate of drug-likeness (QED) is 0.476. The van der Waals surface area contributed by atoms with Crippen molar-refractivity contribution in [3.05, 3.63) is 29.8 Å². The number of hydrogen-bond acceptors (Lipinski definition) is 5. The van der Waals surface area contributed by atoms with Gasteiger partial charge in [0.1, 0.15) is 12.4 Å². The van der Waals surface area contributed by atoms with Crippen LogP contribution in [0, 0.1) is 0 Å². The Morgan fingerprint density at radius 2 is 2.43 bits per heavy atom. The Balaban J connectivity index is 1.81. The van der Waals surface area contributed by atoms with Gasteiger partial charge >= 0.3 is 0 Å². The van der Waals surface area contributed by atoms with Gasteiger partial charge in [-0.25, -0.2) is 5.84 Å². The normalized spacial score (nSPS) is 19.8. The van der Waals surface area contributed by atoms with Crippen molar-refractivity contribution in [1.82, 2.24) is 10.3 Å². The van der Waals surface area contributed by atoms with E-state index in [1.807, 2.05) is 6.07 Å². The number of amides is 1. The van der Waals surface area contributed by atoms with E-state index in [0.717, 1.165) is 32.7 Å². The topological polar surface area (TPSA) is 76.8 Å². The number of hydrazine groups is 1. The third-order valence-electron chi connectivity index (χ3n) is 3.44. The highest BCUT2D eigenvalue weighted by Crippen LogP contribution is 2.13. The molecular weight excluding hydrogens is 270 g/mol. The number of carbonyl (C=O) groups excluding carboxylic acids is 1. The van der Waals surface area contributed by atoms with E-state index >= 15 is 0 Å². The van der Waals surface area contributed by atoms with Crippen molar-refractivity contribution in [3.63, 3.8) is 0 Å². The molecule has 1 unspecified atom stereocenters. The Morgan fingerprint density at radius 3 is 3.24 bits per heavy atom. The van der Waals surface area contributed by atoms with Crippen LogP contribution >= 0.6 is 0 Å². The molecule has 1 heterocycles. The summed E-state index contributed by atoms with van der Waals surface area (Å²) >= 11 is 0. The summed E-state index contributed by atoms with van der Waals surface area (Å²) in [6.45, 7) is 6.31. The third-order valence-corrected chi connectivity index (χ3v) is 3.44. The Labute approximate surface area is 125 Å². The highest BCUT2D eigenvalue weighted by atomic mass is 16.5. The molecule has 0 bridgehead atoms. The summed E-state index contributed by atoms with van der Waals surface area (Å²) in [6, 6.07) is 7.00. The van der Waals surface area contributed by atoms with Gasteiger partial charge in [-0.15, -0.1) is 0 Å². The van der Waals surface area contributed by atoms with Gasteiger partial charge in [0.25, 0.3) is 5.91 Å². The fourth-order valence-electron chi connectivity index (χ4n) is 2.39. The van der Waals surface area contributed by atoms with Crippen molar-refractivity contribution in [2.24, 2.45) is 5.84 Å². The number of nitrogens with zero attached hydrogens (tertiary/aromatic N) is 1. The Morgan fingerprint density at radius 1 is 1.57 bits per heavy atom. The number of nitrogens with two attached hydrogens (primary N) is 1. The molecule has 1 aliphatic rings. The molecule has 1 atom stereocenters. The number of rotatable bonds is 5. The molecule has 1 aromatic rings. The van der Waals surface area contributed by atoms with Crippen LogP contribution in [0.15, 0.2) is 24.3 Å². The standard InChI is InChI=1S/C15H23N3O3/c1-12-11-18(6-3-8-20-12)7-9-21-14-5-2-4-13(10-14)15(19)17-16/h2,4-5,10,12H,3,6-9,11,16H2,1H3,(H,17,19). The second kappa shape index (κ2) is 7.97. The lowest BCUT2D eigenvalue weighted by molar-refractivity contribution is 0.0658. The lowest BCUT2D eigenvalue weighted by Gasteiger charge is -2.21. The number of benzene rings is 1. The van der Waals surface area contributed by atoms with Crippen LogP contribution in [0.1, 0.15) is 23.7 Å². The van der Waals surface area contributed by atoms with Crippen LogP contribution in [0.4, 0.5) is 0 Å². The summed E-state index contributed by atoms with van der Waals surface area (Å²) in [6.07, 6.45) is 1.32. The van der Waals surface area contributed by atoms with Crippen molar-refractivity contribution in [2.45, 2.75) is 19.4 Å². The SMILES string of the molecule is CC1CN(CCOc2cccc(C(=O)NN)c2)CCCO1. The van der Waals surface area contributed by atoms with Gasteiger partial charge in [-0.2, -0.15) is 0 Å². The molecule has 6 heteroatoms. The molecule has 0 aromatic heterocycles. The van der Waals surface area contributed by atoms with Gasteiger partial charge in [0, 0.05) is 31.8 Å². The first-order valence-corrected chi connectivity index (χ1v) is 7.27. The van der Waals surface area contributed by atoms with Crippen LogP contribution in [0.2, 0.25) is 0 Å². The molecule has 0 radical (unpaired) electrons. The van der Waals surface area contributed by atoms with Gasteiger partial charge in [-0.1, -0.05) is 6.07 Å². The fourth-order valence-corrected chi connectivity index (χ4v) is 2.39. The highest BCUT2D eigenvalue weighted by molar-refractivity contribution is 5.94. The fraction of sp³-hybridized carbons (Fsp3) is 0.533. The number of hydrogen-bond donors (Lipinski definition) is 2.